The fourth-order valence-corrected chi connectivity index (χ4v) is 2.32. The van der Waals surface area contributed by atoms with E-state index in [4.69, 9.17) is 0 Å². The molecule has 0 N–H and O–H groups in total. The van der Waals surface area contributed by atoms with Crippen LogP contribution in [0.4, 0.5) is 0 Å². The number of hydrogen-bond donors (Lipinski definition) is 0. The van der Waals surface area contributed by atoms with Crippen molar-refractivity contribution in [3.63, 3.8) is 0 Å². The summed E-state index contributed by atoms with van der Waals surface area (Å²) in [7, 11) is 0. The zero-order valence-electron chi connectivity index (χ0n) is 7.50. The topological polar surface area (TPSA) is 30.0 Å². The van der Waals surface area contributed by atoms with Crippen LogP contribution >= 0.6 is 11.3 Å². The second-order valence-electron chi connectivity index (χ2n) is 2.94. The maximum atomic E-state index is 11.2. The molecule has 3 heteroatoms. The minimum Gasteiger partial charge on any atom is -0.294 e. The van der Waals surface area contributed by atoms with E-state index in [1.54, 1.807) is 18.3 Å². The van der Waals surface area contributed by atoms with E-state index in [-0.39, 0.29) is 5.78 Å². The maximum absolute atomic E-state index is 11.2. The summed E-state index contributed by atoms with van der Waals surface area (Å²) in [6.45, 7) is 3.54. The van der Waals surface area contributed by atoms with Gasteiger partial charge in [0.25, 0.3) is 0 Å². The van der Waals surface area contributed by atoms with Crippen molar-refractivity contribution in [3.8, 4) is 0 Å². The molecule has 0 saturated carbocycles. The summed E-state index contributed by atoms with van der Waals surface area (Å²) >= 11 is 1.58. The van der Waals surface area contributed by atoms with Gasteiger partial charge in [0.05, 0.1) is 15.2 Å². The van der Waals surface area contributed by atoms with Crippen LogP contribution in [0.3, 0.4) is 0 Å². The average Bonchev–Trinajstić information content (AvgIpc) is 2.43. The molecule has 0 aliphatic heterocycles. The van der Waals surface area contributed by atoms with Gasteiger partial charge in [0.15, 0.2) is 5.78 Å². The predicted octanol–water partition coefficient (Wildman–Crippen LogP) is 2.81. The lowest BCUT2D eigenvalue weighted by atomic mass is 10.1. The molecule has 1 aromatic carbocycles. The number of Topliss-reactive ketones (excluding diaryl/α,β-unsaturated/α-hetero) is 1. The van der Waals surface area contributed by atoms with Gasteiger partial charge in [-0.2, -0.15) is 0 Å². The SMILES string of the molecule is CC(=O)c1cccc2nc(C)sc12. The number of carbonyl (C=O) groups is 1. The molecule has 0 saturated heterocycles. The molecule has 0 bridgehead atoms. The second kappa shape index (κ2) is 2.92. The van der Waals surface area contributed by atoms with Gasteiger partial charge in [-0.05, 0) is 26.0 Å². The predicted molar refractivity (Wildman–Crippen MR) is 54.4 cm³/mol. The van der Waals surface area contributed by atoms with Crippen molar-refractivity contribution in [2.75, 3.05) is 0 Å². The van der Waals surface area contributed by atoms with E-state index in [1.165, 1.54) is 0 Å². The third kappa shape index (κ3) is 1.35. The van der Waals surface area contributed by atoms with Crippen LogP contribution in [0, 0.1) is 6.92 Å². The zero-order chi connectivity index (χ0) is 9.42. The molecule has 1 aromatic heterocycles. The van der Waals surface area contributed by atoms with Crippen molar-refractivity contribution in [3.05, 3.63) is 28.8 Å². The Morgan fingerprint density at radius 1 is 1.46 bits per heavy atom. The molecule has 0 amide bonds. The minimum atomic E-state index is 0.106. The fraction of sp³-hybridized carbons (Fsp3) is 0.200. The number of rotatable bonds is 1. The standard InChI is InChI=1S/C10H9NOS/c1-6(12)8-4-3-5-9-10(8)13-7(2)11-9/h3-5H,1-2H3. The highest BCUT2D eigenvalue weighted by molar-refractivity contribution is 7.18. The van der Waals surface area contributed by atoms with Crippen molar-refractivity contribution >= 4 is 27.3 Å². The monoisotopic (exact) mass is 191 g/mol. The molecule has 66 valence electrons. The molecule has 0 spiro atoms. The summed E-state index contributed by atoms with van der Waals surface area (Å²) in [5, 5.41) is 1.00. The summed E-state index contributed by atoms with van der Waals surface area (Å²) in [6.07, 6.45) is 0. The highest BCUT2D eigenvalue weighted by atomic mass is 32.1. The van der Waals surface area contributed by atoms with Crippen LogP contribution in [0.25, 0.3) is 10.2 Å². The van der Waals surface area contributed by atoms with Crippen LogP contribution in [0.5, 0.6) is 0 Å². The molecule has 0 fully saturated rings. The highest BCUT2D eigenvalue weighted by Crippen LogP contribution is 2.25. The van der Waals surface area contributed by atoms with E-state index in [9.17, 15) is 4.79 Å². The number of aromatic nitrogens is 1. The largest absolute Gasteiger partial charge is 0.294 e. The Morgan fingerprint density at radius 2 is 2.23 bits per heavy atom. The van der Waals surface area contributed by atoms with Gasteiger partial charge >= 0.3 is 0 Å². The smallest absolute Gasteiger partial charge is 0.161 e. The van der Waals surface area contributed by atoms with Crippen LogP contribution in [0.2, 0.25) is 0 Å². The van der Waals surface area contributed by atoms with Crippen molar-refractivity contribution in [2.24, 2.45) is 0 Å². The lowest BCUT2D eigenvalue weighted by molar-refractivity contribution is 0.101. The summed E-state index contributed by atoms with van der Waals surface area (Å²) in [5.74, 6) is 0.106. The fourth-order valence-electron chi connectivity index (χ4n) is 1.34. The number of carbonyl (C=O) groups excluding carboxylic acids is 1. The summed E-state index contributed by atoms with van der Waals surface area (Å²) < 4.78 is 1.01. The first-order valence-electron chi connectivity index (χ1n) is 4.05. The first-order chi connectivity index (χ1) is 6.18. The Labute approximate surface area is 80.2 Å². The molecule has 0 aliphatic rings. The van der Waals surface area contributed by atoms with Gasteiger partial charge in [0, 0.05) is 5.56 Å². The van der Waals surface area contributed by atoms with E-state index < -0.39 is 0 Å². The van der Waals surface area contributed by atoms with E-state index in [0.717, 1.165) is 20.8 Å². The van der Waals surface area contributed by atoms with Gasteiger partial charge in [0.2, 0.25) is 0 Å². The van der Waals surface area contributed by atoms with Crippen molar-refractivity contribution in [2.45, 2.75) is 13.8 Å². The number of aryl methyl sites for hydroxylation is 1. The number of benzene rings is 1. The van der Waals surface area contributed by atoms with Crippen LogP contribution in [0.1, 0.15) is 22.3 Å². The molecule has 0 radical (unpaired) electrons. The molecule has 2 rings (SSSR count). The Bertz CT molecular complexity index is 473. The Kier molecular flexibility index (Phi) is 1.88. The lowest BCUT2D eigenvalue weighted by Crippen LogP contribution is -1.90. The second-order valence-corrected chi connectivity index (χ2v) is 4.15. The molecule has 2 nitrogen and oxygen atoms in total. The first kappa shape index (κ1) is 8.38. The third-order valence-electron chi connectivity index (χ3n) is 1.90. The summed E-state index contributed by atoms with van der Waals surface area (Å²) in [4.78, 5) is 15.6. The van der Waals surface area contributed by atoms with Gasteiger partial charge in [-0.15, -0.1) is 11.3 Å². The number of hydrogen-bond acceptors (Lipinski definition) is 3. The van der Waals surface area contributed by atoms with E-state index in [1.807, 2.05) is 25.1 Å². The van der Waals surface area contributed by atoms with Gasteiger partial charge in [0.1, 0.15) is 0 Å². The van der Waals surface area contributed by atoms with Gasteiger partial charge in [-0.1, -0.05) is 6.07 Å². The van der Waals surface area contributed by atoms with Crippen LogP contribution in [0.15, 0.2) is 18.2 Å². The summed E-state index contributed by atoms with van der Waals surface area (Å²) in [6, 6.07) is 5.66. The molecule has 1 heterocycles. The molecular weight excluding hydrogens is 182 g/mol. The quantitative estimate of drug-likeness (QED) is 0.649. The van der Waals surface area contributed by atoms with E-state index in [2.05, 4.69) is 4.98 Å². The Balaban J connectivity index is 2.82. The Morgan fingerprint density at radius 3 is 2.92 bits per heavy atom. The molecule has 0 aliphatic carbocycles. The molecule has 0 atom stereocenters. The number of fused-ring (bicyclic) bond motifs is 1. The minimum absolute atomic E-state index is 0.106. The van der Waals surface area contributed by atoms with E-state index >= 15 is 0 Å². The van der Waals surface area contributed by atoms with Crippen LogP contribution in [-0.4, -0.2) is 10.8 Å². The van der Waals surface area contributed by atoms with Crippen molar-refractivity contribution < 1.29 is 4.79 Å². The first-order valence-corrected chi connectivity index (χ1v) is 4.87. The number of ketones is 1. The third-order valence-corrected chi connectivity index (χ3v) is 2.92. The lowest BCUT2D eigenvalue weighted by Gasteiger charge is -1.94. The average molecular weight is 191 g/mol. The Hall–Kier alpha value is -1.22. The van der Waals surface area contributed by atoms with E-state index in [0.29, 0.717) is 0 Å². The molecular formula is C10H9NOS. The summed E-state index contributed by atoms with van der Waals surface area (Å²) in [5.41, 5.74) is 1.71. The highest BCUT2D eigenvalue weighted by Gasteiger charge is 2.08. The molecule has 0 unspecified atom stereocenters. The number of thiazole rings is 1. The van der Waals surface area contributed by atoms with Crippen LogP contribution in [-0.2, 0) is 0 Å². The van der Waals surface area contributed by atoms with Crippen molar-refractivity contribution in [1.82, 2.24) is 4.98 Å². The normalized spacial score (nSPS) is 10.6. The van der Waals surface area contributed by atoms with Gasteiger partial charge < -0.3 is 0 Å². The number of nitrogens with zero attached hydrogens (tertiary/aromatic N) is 1. The maximum Gasteiger partial charge on any atom is 0.161 e. The molecule has 13 heavy (non-hydrogen) atoms. The molecule has 2 aromatic rings. The van der Waals surface area contributed by atoms with Gasteiger partial charge in [-0.25, -0.2) is 4.98 Å². The van der Waals surface area contributed by atoms with Crippen LogP contribution < -0.4 is 0 Å². The van der Waals surface area contributed by atoms with Gasteiger partial charge in [-0.3, -0.25) is 4.79 Å². The van der Waals surface area contributed by atoms with Crippen molar-refractivity contribution in [1.29, 1.82) is 0 Å². The zero-order valence-corrected chi connectivity index (χ0v) is 8.31.